The molecule has 0 radical (unpaired) electrons. The van der Waals surface area contributed by atoms with E-state index in [2.05, 4.69) is 10.6 Å². The average Bonchev–Trinajstić information content (AvgIpc) is 2.74. The van der Waals surface area contributed by atoms with E-state index < -0.39 is 0 Å². The Labute approximate surface area is 168 Å². The number of carbonyl (C=O) groups excluding carboxylic acids is 2. The van der Waals surface area contributed by atoms with Crippen LogP contribution in [0.15, 0.2) is 72.8 Å². The molecule has 0 saturated carbocycles. The topological polar surface area (TPSA) is 84.2 Å². The first-order chi connectivity index (χ1) is 14.0. The van der Waals surface area contributed by atoms with Gasteiger partial charge in [0.15, 0.2) is 0 Å². The van der Waals surface area contributed by atoms with Crippen LogP contribution in [0.3, 0.4) is 0 Å². The lowest BCUT2D eigenvalue weighted by Gasteiger charge is -2.09. The molecule has 146 valence electrons. The van der Waals surface area contributed by atoms with Gasteiger partial charge in [0.1, 0.15) is 5.82 Å². The Hall–Kier alpha value is -3.93. The van der Waals surface area contributed by atoms with Gasteiger partial charge in [-0.25, -0.2) is 4.39 Å². The van der Waals surface area contributed by atoms with Crippen molar-refractivity contribution in [1.82, 2.24) is 5.32 Å². The van der Waals surface area contributed by atoms with E-state index in [1.54, 1.807) is 66.7 Å². The second-order valence-electron chi connectivity index (χ2n) is 6.31. The molecule has 6 heteroatoms. The van der Waals surface area contributed by atoms with Crippen LogP contribution in [-0.4, -0.2) is 18.9 Å². The molecule has 0 bridgehead atoms. The smallest absolute Gasteiger partial charge is 0.255 e. The van der Waals surface area contributed by atoms with Crippen LogP contribution in [0.5, 0.6) is 0 Å². The van der Waals surface area contributed by atoms with E-state index in [4.69, 9.17) is 5.73 Å². The molecule has 5 nitrogen and oxygen atoms in total. The van der Waals surface area contributed by atoms with E-state index in [1.165, 1.54) is 19.2 Å². The van der Waals surface area contributed by atoms with Crippen molar-refractivity contribution in [1.29, 1.82) is 0 Å². The Bertz CT molecular complexity index is 1060. The first-order valence-electron chi connectivity index (χ1n) is 8.93. The van der Waals surface area contributed by atoms with E-state index in [9.17, 15) is 14.0 Å². The number of amides is 2. The third-order valence-electron chi connectivity index (χ3n) is 4.32. The summed E-state index contributed by atoms with van der Waals surface area (Å²) in [5, 5.41) is 5.35. The maximum Gasteiger partial charge on any atom is 0.255 e. The zero-order valence-corrected chi connectivity index (χ0v) is 15.8. The minimum atomic E-state index is -0.376. The minimum Gasteiger partial charge on any atom is -0.397 e. The molecule has 4 N–H and O–H groups in total. The number of likely N-dealkylation sites (N-methyl/N-ethyl adjacent to an activating group) is 1. The number of carbonyl (C=O) groups is 2. The largest absolute Gasteiger partial charge is 0.397 e. The third kappa shape index (κ3) is 4.87. The highest BCUT2D eigenvalue weighted by atomic mass is 19.1. The molecule has 2 amide bonds. The summed E-state index contributed by atoms with van der Waals surface area (Å²) in [6.45, 7) is 0. The van der Waals surface area contributed by atoms with Gasteiger partial charge in [-0.1, -0.05) is 36.4 Å². The zero-order chi connectivity index (χ0) is 20.8. The molecule has 0 saturated heterocycles. The number of benzene rings is 3. The van der Waals surface area contributed by atoms with Crippen LogP contribution < -0.4 is 16.4 Å². The van der Waals surface area contributed by atoms with Gasteiger partial charge < -0.3 is 16.4 Å². The Morgan fingerprint density at radius 3 is 2.14 bits per heavy atom. The Morgan fingerprint density at radius 1 is 0.897 bits per heavy atom. The van der Waals surface area contributed by atoms with Crippen LogP contribution in [0.25, 0.3) is 11.6 Å². The monoisotopic (exact) mass is 389 g/mol. The number of hydrogen-bond acceptors (Lipinski definition) is 3. The fourth-order valence-corrected chi connectivity index (χ4v) is 2.75. The van der Waals surface area contributed by atoms with Gasteiger partial charge in [-0.3, -0.25) is 9.59 Å². The number of halogens is 1. The van der Waals surface area contributed by atoms with Crippen LogP contribution in [0.2, 0.25) is 0 Å². The molecule has 0 spiro atoms. The van der Waals surface area contributed by atoms with Crippen molar-refractivity contribution in [2.75, 3.05) is 18.1 Å². The highest BCUT2D eigenvalue weighted by Gasteiger charge is 2.12. The van der Waals surface area contributed by atoms with E-state index in [1.807, 2.05) is 0 Å². The molecule has 29 heavy (non-hydrogen) atoms. The molecule has 0 aromatic heterocycles. The summed E-state index contributed by atoms with van der Waals surface area (Å²) in [5.74, 6) is -0.958. The first-order valence-corrected chi connectivity index (χ1v) is 8.93. The molecule has 3 aromatic rings. The molecule has 0 atom stereocenters. The van der Waals surface area contributed by atoms with Crippen molar-refractivity contribution in [3.05, 3.63) is 95.3 Å². The van der Waals surface area contributed by atoms with Crippen LogP contribution >= 0.6 is 0 Å². The lowest BCUT2D eigenvalue weighted by Crippen LogP contribution is -2.19. The summed E-state index contributed by atoms with van der Waals surface area (Å²) in [7, 11) is 1.53. The van der Waals surface area contributed by atoms with Crippen molar-refractivity contribution in [3.8, 4) is 0 Å². The van der Waals surface area contributed by atoms with Gasteiger partial charge in [-0.2, -0.15) is 0 Å². The molecule has 0 aliphatic rings. The standard InChI is InChI=1S/C23H20FN3O2/c1-26-23(29)19(16-10-12-18(24)13-11-16)14-15-6-8-17(9-7-15)22(28)27-21-5-3-2-4-20(21)25/h2-14H,25H2,1H3,(H,26,29)(H,27,28)/b19-14+. The summed E-state index contributed by atoms with van der Waals surface area (Å²) >= 11 is 0. The molecule has 0 fully saturated rings. The lowest BCUT2D eigenvalue weighted by molar-refractivity contribution is -0.115. The van der Waals surface area contributed by atoms with Crippen LogP contribution in [0.1, 0.15) is 21.5 Å². The van der Waals surface area contributed by atoms with E-state index in [0.717, 1.165) is 5.56 Å². The molecule has 0 unspecified atom stereocenters. The van der Waals surface area contributed by atoms with Crippen molar-refractivity contribution in [2.24, 2.45) is 0 Å². The quantitative estimate of drug-likeness (QED) is 0.351. The van der Waals surface area contributed by atoms with E-state index in [0.29, 0.717) is 28.1 Å². The Kier molecular flexibility index (Phi) is 6.04. The van der Waals surface area contributed by atoms with Gasteiger partial charge in [0, 0.05) is 18.2 Å². The second-order valence-corrected chi connectivity index (χ2v) is 6.31. The summed E-state index contributed by atoms with van der Waals surface area (Å²) in [5.41, 5.74) is 9.03. The lowest BCUT2D eigenvalue weighted by atomic mass is 10.0. The first kappa shape index (κ1) is 19.8. The number of hydrogen-bond donors (Lipinski definition) is 3. The Morgan fingerprint density at radius 2 is 1.52 bits per heavy atom. The van der Waals surface area contributed by atoms with Gasteiger partial charge in [-0.15, -0.1) is 0 Å². The van der Waals surface area contributed by atoms with Crippen LogP contribution in [0, 0.1) is 5.82 Å². The number of para-hydroxylation sites is 2. The second kappa shape index (κ2) is 8.84. The summed E-state index contributed by atoms with van der Waals surface area (Å²) in [4.78, 5) is 24.7. The van der Waals surface area contributed by atoms with E-state index in [-0.39, 0.29) is 17.6 Å². The van der Waals surface area contributed by atoms with E-state index >= 15 is 0 Å². The molecule has 3 aromatic carbocycles. The zero-order valence-electron chi connectivity index (χ0n) is 15.8. The van der Waals surface area contributed by atoms with Crippen molar-refractivity contribution < 1.29 is 14.0 Å². The molecular weight excluding hydrogens is 369 g/mol. The third-order valence-corrected chi connectivity index (χ3v) is 4.32. The normalized spacial score (nSPS) is 11.0. The molecule has 0 aliphatic carbocycles. The number of anilines is 2. The highest BCUT2D eigenvalue weighted by molar-refractivity contribution is 6.24. The number of nitrogen functional groups attached to an aromatic ring is 1. The SMILES string of the molecule is CNC(=O)/C(=C/c1ccc(C(=O)Nc2ccccc2N)cc1)c1ccc(F)cc1. The Balaban J connectivity index is 1.83. The maximum absolute atomic E-state index is 13.2. The van der Waals surface area contributed by atoms with Crippen molar-refractivity contribution in [3.63, 3.8) is 0 Å². The summed E-state index contributed by atoms with van der Waals surface area (Å²) in [6, 6.07) is 19.5. The molecule has 3 rings (SSSR count). The average molecular weight is 389 g/mol. The fourth-order valence-electron chi connectivity index (χ4n) is 2.75. The number of nitrogens with two attached hydrogens (primary N) is 1. The maximum atomic E-state index is 13.2. The van der Waals surface area contributed by atoms with Gasteiger partial charge in [0.2, 0.25) is 0 Å². The molecule has 0 heterocycles. The predicted molar refractivity (Wildman–Crippen MR) is 114 cm³/mol. The van der Waals surface area contributed by atoms with Crippen LogP contribution in [-0.2, 0) is 4.79 Å². The van der Waals surface area contributed by atoms with Crippen LogP contribution in [0.4, 0.5) is 15.8 Å². The number of nitrogens with one attached hydrogen (secondary N) is 2. The van der Waals surface area contributed by atoms with Crippen molar-refractivity contribution in [2.45, 2.75) is 0 Å². The summed E-state index contributed by atoms with van der Waals surface area (Å²) in [6.07, 6.45) is 1.68. The van der Waals surface area contributed by atoms with Gasteiger partial charge in [0.25, 0.3) is 11.8 Å². The predicted octanol–water partition coefficient (Wildman–Crippen LogP) is 3.95. The van der Waals surface area contributed by atoms with Gasteiger partial charge in [-0.05, 0) is 53.6 Å². The highest BCUT2D eigenvalue weighted by Crippen LogP contribution is 2.21. The van der Waals surface area contributed by atoms with Gasteiger partial charge in [0.05, 0.1) is 11.4 Å². The van der Waals surface area contributed by atoms with Gasteiger partial charge >= 0.3 is 0 Å². The minimum absolute atomic E-state index is 0.288. The fraction of sp³-hybridized carbons (Fsp3) is 0.0435. The summed E-state index contributed by atoms with van der Waals surface area (Å²) < 4.78 is 13.2. The number of rotatable bonds is 5. The van der Waals surface area contributed by atoms with Crippen molar-refractivity contribution >= 4 is 34.8 Å². The molecular formula is C23H20FN3O2. The molecule has 0 aliphatic heterocycles.